The van der Waals surface area contributed by atoms with Crippen molar-refractivity contribution in [3.63, 3.8) is 0 Å². The third kappa shape index (κ3) is 2.94. The highest BCUT2D eigenvalue weighted by Crippen LogP contribution is 2.41. The molecule has 4 N–H and O–H groups in total. The largest absolute Gasteiger partial charge is 0.507 e. The molecule has 0 saturated heterocycles. The Balaban J connectivity index is 1.90. The summed E-state index contributed by atoms with van der Waals surface area (Å²) in [5.74, 6) is -2.15. The fraction of sp³-hybridized carbons (Fsp3) is 0. The Hall–Kier alpha value is -4.23. The summed E-state index contributed by atoms with van der Waals surface area (Å²) in [6.07, 6.45) is 0. The predicted molar refractivity (Wildman–Crippen MR) is 107 cm³/mol. The van der Waals surface area contributed by atoms with Gasteiger partial charge in [0, 0.05) is 6.07 Å². The Bertz CT molecular complexity index is 1530. The Morgan fingerprint density at radius 1 is 0.933 bits per heavy atom. The van der Waals surface area contributed by atoms with Crippen LogP contribution in [-0.4, -0.2) is 23.7 Å². The van der Waals surface area contributed by atoms with Gasteiger partial charge in [-0.25, -0.2) is 8.42 Å². The lowest BCUT2D eigenvalue weighted by Crippen LogP contribution is -2.13. The number of hydrogen-bond acceptors (Lipinski definition) is 8. The molecule has 1 heterocycles. The number of phenolic OH excluding ortho intramolecular Hbond substituents is 3. The SMILES string of the molecule is N#Cc1ccc(S(=O)(=O)Nc2cc3oc4cccc(O)c4c(=O)c3c(O)c2O)cc1. The lowest BCUT2D eigenvalue weighted by Gasteiger charge is -2.12. The van der Waals surface area contributed by atoms with Crippen molar-refractivity contribution in [2.24, 2.45) is 0 Å². The van der Waals surface area contributed by atoms with Crippen molar-refractivity contribution in [1.82, 2.24) is 0 Å². The fourth-order valence-corrected chi connectivity index (χ4v) is 4.06. The van der Waals surface area contributed by atoms with Crippen LogP contribution in [-0.2, 0) is 10.0 Å². The van der Waals surface area contributed by atoms with Gasteiger partial charge in [-0.15, -0.1) is 0 Å². The van der Waals surface area contributed by atoms with Crippen LogP contribution >= 0.6 is 0 Å². The van der Waals surface area contributed by atoms with E-state index in [-0.39, 0.29) is 32.8 Å². The molecule has 0 amide bonds. The van der Waals surface area contributed by atoms with Gasteiger partial charge in [-0.2, -0.15) is 5.26 Å². The monoisotopic (exact) mass is 424 g/mol. The van der Waals surface area contributed by atoms with Crippen LogP contribution in [0.4, 0.5) is 5.69 Å². The highest BCUT2D eigenvalue weighted by atomic mass is 32.2. The number of benzene rings is 3. The van der Waals surface area contributed by atoms with Crippen molar-refractivity contribution in [2.75, 3.05) is 4.72 Å². The molecule has 30 heavy (non-hydrogen) atoms. The van der Waals surface area contributed by atoms with Crippen LogP contribution in [0.25, 0.3) is 21.9 Å². The van der Waals surface area contributed by atoms with Crippen LogP contribution in [0.1, 0.15) is 5.56 Å². The van der Waals surface area contributed by atoms with Crippen molar-refractivity contribution < 1.29 is 28.2 Å². The molecule has 9 nitrogen and oxygen atoms in total. The van der Waals surface area contributed by atoms with E-state index in [9.17, 15) is 28.5 Å². The smallest absolute Gasteiger partial charge is 0.262 e. The summed E-state index contributed by atoms with van der Waals surface area (Å²) >= 11 is 0. The van der Waals surface area contributed by atoms with E-state index in [1.165, 1.54) is 42.5 Å². The summed E-state index contributed by atoms with van der Waals surface area (Å²) < 4.78 is 32.9. The van der Waals surface area contributed by atoms with E-state index in [2.05, 4.69) is 4.72 Å². The third-order valence-corrected chi connectivity index (χ3v) is 5.84. The lowest BCUT2D eigenvalue weighted by molar-refractivity contribution is 0.409. The predicted octanol–water partition coefficient (Wildman–Crippen LogP) is 2.74. The van der Waals surface area contributed by atoms with E-state index in [0.29, 0.717) is 0 Å². The van der Waals surface area contributed by atoms with E-state index in [1.807, 2.05) is 6.07 Å². The van der Waals surface area contributed by atoms with Gasteiger partial charge in [0.1, 0.15) is 27.7 Å². The zero-order valence-electron chi connectivity index (χ0n) is 14.9. The maximum absolute atomic E-state index is 12.7. The first-order chi connectivity index (χ1) is 14.2. The summed E-state index contributed by atoms with van der Waals surface area (Å²) in [5.41, 5.74) is -1.15. The molecule has 150 valence electrons. The lowest BCUT2D eigenvalue weighted by atomic mass is 10.1. The number of aromatic hydroxyl groups is 3. The molecule has 0 atom stereocenters. The van der Waals surface area contributed by atoms with Gasteiger partial charge in [0.15, 0.2) is 11.5 Å². The molecule has 0 saturated carbocycles. The van der Waals surface area contributed by atoms with Gasteiger partial charge in [0.25, 0.3) is 10.0 Å². The number of nitriles is 1. The maximum atomic E-state index is 12.7. The number of fused-ring (bicyclic) bond motifs is 2. The first-order valence-electron chi connectivity index (χ1n) is 8.39. The van der Waals surface area contributed by atoms with Gasteiger partial charge in [0.2, 0.25) is 5.43 Å². The quantitative estimate of drug-likeness (QED) is 0.288. The number of hydrogen-bond donors (Lipinski definition) is 4. The average Bonchev–Trinajstić information content (AvgIpc) is 2.71. The van der Waals surface area contributed by atoms with Gasteiger partial charge in [-0.3, -0.25) is 9.52 Å². The maximum Gasteiger partial charge on any atom is 0.262 e. The molecule has 4 aromatic rings. The van der Waals surface area contributed by atoms with Crippen LogP contribution in [0.5, 0.6) is 17.2 Å². The molecular formula is C20H12N2O7S. The van der Waals surface area contributed by atoms with E-state index in [4.69, 9.17) is 9.68 Å². The highest BCUT2D eigenvalue weighted by Gasteiger charge is 2.23. The van der Waals surface area contributed by atoms with Crippen molar-refractivity contribution in [3.05, 3.63) is 64.3 Å². The van der Waals surface area contributed by atoms with Crippen LogP contribution in [0, 0.1) is 11.3 Å². The second-order valence-electron chi connectivity index (χ2n) is 6.32. The Labute approximate surface area is 168 Å². The molecule has 0 unspecified atom stereocenters. The summed E-state index contributed by atoms with van der Waals surface area (Å²) in [6, 6.07) is 12.1. The average molecular weight is 424 g/mol. The standard InChI is InChI=1S/C20H12N2O7S/c21-9-10-4-6-11(7-5-10)30(27,28)22-12-8-15-17(20(26)18(12)24)19(25)16-13(23)2-1-3-14(16)29-15/h1-8,22-24,26H. The molecule has 0 aliphatic carbocycles. The molecule has 0 spiro atoms. The molecule has 0 aliphatic rings. The van der Waals surface area contributed by atoms with Crippen LogP contribution in [0.15, 0.2) is 62.6 Å². The minimum absolute atomic E-state index is 0.0125. The molecular weight excluding hydrogens is 412 g/mol. The van der Waals surface area contributed by atoms with Gasteiger partial charge in [-0.05, 0) is 36.4 Å². The fourth-order valence-electron chi connectivity index (χ4n) is 3.00. The van der Waals surface area contributed by atoms with E-state index in [1.54, 1.807) is 0 Å². The Kier molecular flexibility index (Phi) is 4.25. The topological polar surface area (TPSA) is 161 Å². The summed E-state index contributed by atoms with van der Waals surface area (Å²) in [6.45, 7) is 0. The van der Waals surface area contributed by atoms with Crippen LogP contribution in [0.3, 0.4) is 0 Å². The number of nitrogens with zero attached hydrogens (tertiary/aromatic N) is 1. The van der Waals surface area contributed by atoms with Crippen molar-refractivity contribution in [1.29, 1.82) is 5.26 Å². The number of phenols is 3. The second-order valence-corrected chi connectivity index (χ2v) is 8.00. The molecule has 0 fully saturated rings. The zero-order valence-corrected chi connectivity index (χ0v) is 15.8. The van der Waals surface area contributed by atoms with Crippen LogP contribution < -0.4 is 10.2 Å². The number of rotatable bonds is 3. The molecule has 0 radical (unpaired) electrons. The minimum atomic E-state index is -4.20. The zero-order chi connectivity index (χ0) is 21.6. The second kappa shape index (κ2) is 6.68. The summed E-state index contributed by atoms with van der Waals surface area (Å²) in [4.78, 5) is 12.5. The summed E-state index contributed by atoms with van der Waals surface area (Å²) in [5, 5.41) is 38.8. The first kappa shape index (κ1) is 19.1. The molecule has 4 rings (SSSR count). The van der Waals surface area contributed by atoms with Gasteiger partial charge in [0.05, 0.1) is 22.2 Å². The van der Waals surface area contributed by atoms with Crippen molar-refractivity contribution in [2.45, 2.75) is 4.90 Å². The number of nitrogens with one attached hydrogen (secondary N) is 1. The molecule has 10 heteroatoms. The Morgan fingerprint density at radius 2 is 1.63 bits per heavy atom. The molecule has 0 bridgehead atoms. The number of sulfonamides is 1. The summed E-state index contributed by atoms with van der Waals surface area (Å²) in [7, 11) is -4.20. The van der Waals surface area contributed by atoms with Gasteiger partial charge >= 0.3 is 0 Å². The van der Waals surface area contributed by atoms with Gasteiger partial charge < -0.3 is 19.7 Å². The number of anilines is 1. The Morgan fingerprint density at radius 3 is 2.30 bits per heavy atom. The molecule has 1 aromatic heterocycles. The highest BCUT2D eigenvalue weighted by molar-refractivity contribution is 7.92. The minimum Gasteiger partial charge on any atom is -0.507 e. The van der Waals surface area contributed by atoms with Crippen molar-refractivity contribution in [3.8, 4) is 23.3 Å². The van der Waals surface area contributed by atoms with E-state index in [0.717, 1.165) is 6.07 Å². The third-order valence-electron chi connectivity index (χ3n) is 4.45. The molecule has 3 aromatic carbocycles. The van der Waals surface area contributed by atoms with Crippen molar-refractivity contribution >= 4 is 37.6 Å². The van der Waals surface area contributed by atoms with E-state index < -0.39 is 38.0 Å². The molecule has 0 aliphatic heterocycles. The van der Waals surface area contributed by atoms with Gasteiger partial charge in [-0.1, -0.05) is 6.07 Å². The first-order valence-corrected chi connectivity index (χ1v) is 9.87. The normalized spacial score (nSPS) is 11.4. The van der Waals surface area contributed by atoms with Crippen LogP contribution in [0.2, 0.25) is 0 Å². The van der Waals surface area contributed by atoms with E-state index >= 15 is 0 Å².